The number of aromatic nitrogens is 1. The summed E-state index contributed by atoms with van der Waals surface area (Å²) in [6, 6.07) is 6.95. The molecule has 0 bridgehead atoms. The number of hydrogen-bond donors (Lipinski definition) is 0. The van der Waals surface area contributed by atoms with E-state index >= 15 is 0 Å². The van der Waals surface area contributed by atoms with E-state index in [1.165, 1.54) is 12.3 Å². The molecule has 0 aliphatic carbocycles. The van der Waals surface area contributed by atoms with Gasteiger partial charge < -0.3 is 4.40 Å². The van der Waals surface area contributed by atoms with E-state index in [9.17, 15) is 9.59 Å². The molecular weight excluding hydrogens is 166 g/mol. The summed E-state index contributed by atoms with van der Waals surface area (Å²) in [5, 5.41) is 0. The number of carbonyl (C=O) groups excluding carboxylic acids is 1. The Balaban J connectivity index is 2.89. The lowest BCUT2D eigenvalue weighted by Crippen LogP contribution is -2.08. The Morgan fingerprint density at radius 3 is 2.92 bits per heavy atom. The van der Waals surface area contributed by atoms with Crippen LogP contribution in [0.25, 0.3) is 5.52 Å². The summed E-state index contributed by atoms with van der Waals surface area (Å²) >= 11 is 0. The van der Waals surface area contributed by atoms with Gasteiger partial charge in [-0.2, -0.15) is 0 Å². The maximum Gasteiger partial charge on any atom is 0.192 e. The second-order valence-electron chi connectivity index (χ2n) is 2.74. The largest absolute Gasteiger partial charge is 0.323 e. The maximum absolute atomic E-state index is 11.2. The Morgan fingerprint density at radius 1 is 1.31 bits per heavy atom. The molecule has 2 heterocycles. The first kappa shape index (κ1) is 7.73. The van der Waals surface area contributed by atoms with Crippen LogP contribution in [0.15, 0.2) is 41.5 Å². The van der Waals surface area contributed by atoms with E-state index in [1.807, 2.05) is 18.2 Å². The smallest absolute Gasteiger partial charge is 0.192 e. The van der Waals surface area contributed by atoms with Crippen LogP contribution in [0, 0.1) is 0 Å². The molecule has 0 radical (unpaired) electrons. The van der Waals surface area contributed by atoms with Gasteiger partial charge in [0.05, 0.1) is 5.56 Å². The van der Waals surface area contributed by atoms with Gasteiger partial charge in [0.1, 0.15) is 0 Å². The lowest BCUT2D eigenvalue weighted by molar-refractivity contribution is 0.112. The Kier molecular flexibility index (Phi) is 1.70. The number of nitrogens with zero attached hydrogens (tertiary/aromatic N) is 1. The van der Waals surface area contributed by atoms with Gasteiger partial charge >= 0.3 is 0 Å². The van der Waals surface area contributed by atoms with E-state index in [2.05, 4.69) is 0 Å². The van der Waals surface area contributed by atoms with Crippen molar-refractivity contribution in [3.63, 3.8) is 0 Å². The van der Waals surface area contributed by atoms with Crippen molar-refractivity contribution in [2.75, 3.05) is 0 Å². The highest BCUT2D eigenvalue weighted by atomic mass is 16.1. The molecule has 0 aliphatic rings. The minimum absolute atomic E-state index is 0.184. The summed E-state index contributed by atoms with van der Waals surface area (Å²) in [5.41, 5.74) is 0.739. The van der Waals surface area contributed by atoms with Crippen LogP contribution in [0.4, 0.5) is 0 Å². The van der Waals surface area contributed by atoms with Crippen LogP contribution in [0.2, 0.25) is 0 Å². The highest BCUT2D eigenvalue weighted by Gasteiger charge is 1.98. The topological polar surface area (TPSA) is 38.5 Å². The molecular formula is C10H7NO2. The van der Waals surface area contributed by atoms with E-state index < -0.39 is 0 Å². The summed E-state index contributed by atoms with van der Waals surface area (Å²) < 4.78 is 1.74. The third kappa shape index (κ3) is 1.24. The van der Waals surface area contributed by atoms with Gasteiger partial charge in [0.2, 0.25) is 0 Å². The first-order valence-corrected chi connectivity index (χ1v) is 3.87. The molecule has 2 rings (SSSR count). The van der Waals surface area contributed by atoms with E-state index in [0.717, 1.165) is 5.52 Å². The SMILES string of the molecule is O=Cc1cn2ccccc2cc1=O. The molecule has 13 heavy (non-hydrogen) atoms. The quantitative estimate of drug-likeness (QED) is 0.606. The molecule has 0 saturated carbocycles. The van der Waals surface area contributed by atoms with Crippen LogP contribution in [0.3, 0.4) is 0 Å². The fourth-order valence-corrected chi connectivity index (χ4v) is 1.23. The number of carbonyl (C=O) groups is 1. The number of rotatable bonds is 1. The summed E-state index contributed by atoms with van der Waals surface area (Å²) in [7, 11) is 0. The minimum Gasteiger partial charge on any atom is -0.323 e. The first-order chi connectivity index (χ1) is 6.31. The Morgan fingerprint density at radius 2 is 2.15 bits per heavy atom. The molecule has 0 unspecified atom stereocenters. The first-order valence-electron chi connectivity index (χ1n) is 3.87. The number of fused-ring (bicyclic) bond motifs is 1. The zero-order chi connectivity index (χ0) is 9.26. The van der Waals surface area contributed by atoms with Crippen LogP contribution < -0.4 is 5.43 Å². The second kappa shape index (κ2) is 2.86. The molecule has 0 saturated heterocycles. The van der Waals surface area contributed by atoms with Crippen molar-refractivity contribution in [2.24, 2.45) is 0 Å². The standard InChI is InChI=1S/C10H7NO2/c12-7-8-6-11-4-2-1-3-9(11)5-10(8)13/h1-7H. The predicted molar refractivity (Wildman–Crippen MR) is 49.1 cm³/mol. The zero-order valence-corrected chi connectivity index (χ0v) is 6.81. The van der Waals surface area contributed by atoms with Crippen molar-refractivity contribution in [1.82, 2.24) is 4.40 Å². The Bertz CT molecular complexity index is 514. The monoisotopic (exact) mass is 173 g/mol. The normalized spacial score (nSPS) is 10.2. The average Bonchev–Trinajstić information content (AvgIpc) is 2.17. The number of hydrogen-bond acceptors (Lipinski definition) is 2. The highest BCUT2D eigenvalue weighted by molar-refractivity contribution is 5.75. The van der Waals surface area contributed by atoms with Gasteiger partial charge in [0.25, 0.3) is 0 Å². The lowest BCUT2D eigenvalue weighted by Gasteiger charge is -1.99. The van der Waals surface area contributed by atoms with Crippen LogP contribution >= 0.6 is 0 Å². The van der Waals surface area contributed by atoms with Crippen LogP contribution in [-0.2, 0) is 0 Å². The van der Waals surface area contributed by atoms with Gasteiger partial charge in [0, 0.05) is 24.0 Å². The van der Waals surface area contributed by atoms with Gasteiger partial charge in [-0.15, -0.1) is 0 Å². The molecule has 2 aromatic rings. The summed E-state index contributed by atoms with van der Waals surface area (Å²) in [6.07, 6.45) is 3.90. The summed E-state index contributed by atoms with van der Waals surface area (Å²) in [6.45, 7) is 0. The van der Waals surface area contributed by atoms with Crippen molar-refractivity contribution < 1.29 is 4.79 Å². The Labute approximate surface area is 74.2 Å². The molecule has 0 atom stereocenters. The zero-order valence-electron chi connectivity index (χ0n) is 6.81. The average molecular weight is 173 g/mol. The van der Waals surface area contributed by atoms with Crippen molar-refractivity contribution in [1.29, 1.82) is 0 Å². The third-order valence-electron chi connectivity index (χ3n) is 1.89. The molecule has 64 valence electrons. The third-order valence-corrected chi connectivity index (χ3v) is 1.89. The van der Waals surface area contributed by atoms with E-state index in [4.69, 9.17) is 0 Å². The summed E-state index contributed by atoms with van der Waals surface area (Å²) in [5.74, 6) is 0. The highest BCUT2D eigenvalue weighted by Crippen LogP contribution is 1.99. The van der Waals surface area contributed by atoms with Gasteiger partial charge in [-0.1, -0.05) is 6.07 Å². The van der Waals surface area contributed by atoms with E-state index in [1.54, 1.807) is 10.6 Å². The van der Waals surface area contributed by atoms with Crippen molar-refractivity contribution in [3.05, 3.63) is 52.4 Å². The van der Waals surface area contributed by atoms with E-state index in [0.29, 0.717) is 6.29 Å². The van der Waals surface area contributed by atoms with Gasteiger partial charge in [0.15, 0.2) is 11.7 Å². The molecule has 0 spiro atoms. The molecule has 0 amide bonds. The molecule has 3 nitrogen and oxygen atoms in total. The van der Waals surface area contributed by atoms with Crippen molar-refractivity contribution >= 4 is 11.8 Å². The fraction of sp³-hybridized carbons (Fsp3) is 0. The lowest BCUT2D eigenvalue weighted by atomic mass is 10.2. The van der Waals surface area contributed by atoms with Crippen molar-refractivity contribution in [3.8, 4) is 0 Å². The van der Waals surface area contributed by atoms with Crippen LogP contribution in [0.5, 0.6) is 0 Å². The van der Waals surface area contributed by atoms with Gasteiger partial charge in [-0.05, 0) is 12.1 Å². The molecule has 0 fully saturated rings. The molecule has 2 aromatic heterocycles. The predicted octanol–water partition coefficient (Wildman–Crippen LogP) is 1.11. The second-order valence-corrected chi connectivity index (χ2v) is 2.74. The molecule has 0 N–H and O–H groups in total. The van der Waals surface area contributed by atoms with E-state index in [-0.39, 0.29) is 11.0 Å². The van der Waals surface area contributed by atoms with Crippen LogP contribution in [-0.4, -0.2) is 10.7 Å². The van der Waals surface area contributed by atoms with Crippen molar-refractivity contribution in [2.45, 2.75) is 0 Å². The number of pyridine rings is 2. The van der Waals surface area contributed by atoms with Gasteiger partial charge in [-0.25, -0.2) is 0 Å². The Hall–Kier alpha value is -1.90. The summed E-state index contributed by atoms with van der Waals surface area (Å²) in [4.78, 5) is 21.7. The maximum atomic E-state index is 11.2. The number of aldehydes is 1. The molecule has 0 aromatic carbocycles. The molecule has 0 aliphatic heterocycles. The molecule has 3 heteroatoms. The van der Waals surface area contributed by atoms with Gasteiger partial charge in [-0.3, -0.25) is 9.59 Å². The fourth-order valence-electron chi connectivity index (χ4n) is 1.23. The van der Waals surface area contributed by atoms with Crippen LogP contribution in [0.1, 0.15) is 10.4 Å². The minimum atomic E-state index is -0.235.